The number of halogens is 4. The molecule has 0 spiro atoms. The lowest BCUT2D eigenvalue weighted by molar-refractivity contribution is 0.102. The zero-order valence-corrected chi connectivity index (χ0v) is 20.3. The Morgan fingerprint density at radius 3 is 2.47 bits per heavy atom. The highest BCUT2D eigenvalue weighted by Gasteiger charge is 2.12. The van der Waals surface area contributed by atoms with Gasteiger partial charge in [0.25, 0.3) is 5.91 Å². The largest absolute Gasteiger partial charge is 0.487 e. The molecule has 0 radical (unpaired) electrons. The standard InChI is InChI=1S/C25H19Cl3FN3O2/c1-15-10-24(31-32(15)13-18-6-8-20(29)12-21(18)27)30-25(33)17-4-2-16(3-5-17)14-34-23-9-7-19(26)11-22(23)28/h2-12H,13-14H2,1H3,(H,30,31,33). The van der Waals surface area contributed by atoms with E-state index in [1.807, 2.05) is 6.92 Å². The zero-order chi connectivity index (χ0) is 24.2. The molecule has 0 atom stereocenters. The van der Waals surface area contributed by atoms with Crippen molar-refractivity contribution in [2.75, 3.05) is 5.32 Å². The van der Waals surface area contributed by atoms with E-state index in [1.54, 1.807) is 59.3 Å². The molecule has 174 valence electrons. The Balaban J connectivity index is 1.37. The highest BCUT2D eigenvalue weighted by molar-refractivity contribution is 6.35. The van der Waals surface area contributed by atoms with Gasteiger partial charge < -0.3 is 10.1 Å². The highest BCUT2D eigenvalue weighted by atomic mass is 35.5. The van der Waals surface area contributed by atoms with Gasteiger partial charge in [-0.15, -0.1) is 0 Å². The molecule has 0 saturated heterocycles. The number of anilines is 1. The fourth-order valence-corrected chi connectivity index (χ4v) is 3.93. The van der Waals surface area contributed by atoms with E-state index in [1.165, 1.54) is 12.1 Å². The summed E-state index contributed by atoms with van der Waals surface area (Å²) in [5, 5.41) is 8.50. The molecule has 0 bridgehead atoms. The van der Waals surface area contributed by atoms with Gasteiger partial charge in [-0.25, -0.2) is 4.39 Å². The first-order valence-corrected chi connectivity index (χ1v) is 11.4. The van der Waals surface area contributed by atoms with E-state index in [-0.39, 0.29) is 5.91 Å². The van der Waals surface area contributed by atoms with E-state index in [0.29, 0.717) is 45.4 Å². The maximum absolute atomic E-state index is 13.3. The van der Waals surface area contributed by atoms with Gasteiger partial charge in [0, 0.05) is 27.4 Å². The first-order chi connectivity index (χ1) is 16.3. The van der Waals surface area contributed by atoms with Crippen molar-refractivity contribution in [2.24, 2.45) is 0 Å². The van der Waals surface area contributed by atoms with Crippen LogP contribution >= 0.6 is 34.8 Å². The van der Waals surface area contributed by atoms with Crippen LogP contribution in [0.5, 0.6) is 5.75 Å². The minimum Gasteiger partial charge on any atom is -0.487 e. The van der Waals surface area contributed by atoms with Crippen LogP contribution in [0, 0.1) is 12.7 Å². The smallest absolute Gasteiger partial charge is 0.256 e. The highest BCUT2D eigenvalue weighted by Crippen LogP contribution is 2.28. The summed E-state index contributed by atoms with van der Waals surface area (Å²) in [7, 11) is 0. The maximum Gasteiger partial charge on any atom is 0.256 e. The van der Waals surface area contributed by atoms with Crippen LogP contribution in [0.15, 0.2) is 66.7 Å². The summed E-state index contributed by atoms with van der Waals surface area (Å²) in [6.07, 6.45) is 0. The Kier molecular flexibility index (Phi) is 7.41. The molecular weight excluding hydrogens is 500 g/mol. The van der Waals surface area contributed by atoms with Crippen LogP contribution in [-0.4, -0.2) is 15.7 Å². The molecule has 1 N–H and O–H groups in total. The molecule has 0 unspecified atom stereocenters. The summed E-state index contributed by atoms with van der Waals surface area (Å²) in [4.78, 5) is 12.7. The zero-order valence-electron chi connectivity index (χ0n) is 18.0. The van der Waals surface area contributed by atoms with Crippen LogP contribution in [0.3, 0.4) is 0 Å². The molecule has 1 heterocycles. The fraction of sp³-hybridized carbons (Fsp3) is 0.120. The summed E-state index contributed by atoms with van der Waals surface area (Å²) in [5.74, 6) is 0.245. The van der Waals surface area contributed by atoms with Crippen molar-refractivity contribution < 1.29 is 13.9 Å². The van der Waals surface area contributed by atoms with Gasteiger partial charge >= 0.3 is 0 Å². The number of benzene rings is 3. The second kappa shape index (κ2) is 10.5. The predicted molar refractivity (Wildman–Crippen MR) is 133 cm³/mol. The molecule has 0 fully saturated rings. The van der Waals surface area contributed by atoms with E-state index in [4.69, 9.17) is 39.5 Å². The topological polar surface area (TPSA) is 56.1 Å². The second-order valence-corrected chi connectivity index (χ2v) is 8.83. The van der Waals surface area contributed by atoms with Gasteiger partial charge in [0.05, 0.1) is 11.6 Å². The van der Waals surface area contributed by atoms with Crippen molar-refractivity contribution in [2.45, 2.75) is 20.1 Å². The monoisotopic (exact) mass is 517 g/mol. The van der Waals surface area contributed by atoms with E-state index in [9.17, 15) is 9.18 Å². The summed E-state index contributed by atoms with van der Waals surface area (Å²) >= 11 is 18.1. The Morgan fingerprint density at radius 1 is 1.00 bits per heavy atom. The number of carbonyl (C=O) groups excluding carboxylic acids is 1. The number of hydrogen-bond donors (Lipinski definition) is 1. The van der Waals surface area contributed by atoms with Crippen LogP contribution < -0.4 is 10.1 Å². The number of ether oxygens (including phenoxy) is 1. The van der Waals surface area contributed by atoms with Gasteiger partial charge in [-0.3, -0.25) is 9.48 Å². The van der Waals surface area contributed by atoms with Crippen molar-refractivity contribution in [3.8, 4) is 5.75 Å². The lowest BCUT2D eigenvalue weighted by Crippen LogP contribution is -2.13. The number of nitrogens with zero attached hydrogens (tertiary/aromatic N) is 2. The van der Waals surface area contributed by atoms with Crippen LogP contribution in [-0.2, 0) is 13.2 Å². The third-order valence-electron chi connectivity index (χ3n) is 5.06. The average Bonchev–Trinajstić information content (AvgIpc) is 3.14. The number of rotatable bonds is 7. The first-order valence-electron chi connectivity index (χ1n) is 10.2. The van der Waals surface area contributed by atoms with Crippen LogP contribution in [0.4, 0.5) is 10.2 Å². The molecule has 5 nitrogen and oxygen atoms in total. The van der Waals surface area contributed by atoms with E-state index in [0.717, 1.165) is 16.8 Å². The van der Waals surface area contributed by atoms with Crippen molar-refractivity contribution in [3.05, 3.63) is 110 Å². The van der Waals surface area contributed by atoms with E-state index < -0.39 is 5.82 Å². The number of hydrogen-bond acceptors (Lipinski definition) is 3. The van der Waals surface area contributed by atoms with Crippen molar-refractivity contribution in [1.29, 1.82) is 0 Å². The predicted octanol–water partition coefficient (Wildman–Crippen LogP) is 7.17. The average molecular weight is 519 g/mol. The Morgan fingerprint density at radius 2 is 1.76 bits per heavy atom. The Labute approximate surface area is 211 Å². The number of amides is 1. The molecule has 4 aromatic rings. The summed E-state index contributed by atoms with van der Waals surface area (Å²) in [6, 6.07) is 18.0. The fourth-order valence-electron chi connectivity index (χ4n) is 3.24. The van der Waals surface area contributed by atoms with Crippen LogP contribution in [0.2, 0.25) is 15.1 Å². The van der Waals surface area contributed by atoms with Gasteiger partial charge in [0.2, 0.25) is 0 Å². The molecule has 4 rings (SSSR count). The summed E-state index contributed by atoms with van der Waals surface area (Å²) in [6.45, 7) is 2.51. The van der Waals surface area contributed by atoms with Gasteiger partial charge in [0.15, 0.2) is 5.82 Å². The Hall–Kier alpha value is -3.06. The molecular formula is C25H19Cl3FN3O2. The molecule has 3 aromatic carbocycles. The number of carbonyl (C=O) groups is 1. The van der Waals surface area contributed by atoms with Crippen molar-refractivity contribution in [3.63, 3.8) is 0 Å². The molecule has 34 heavy (non-hydrogen) atoms. The molecule has 1 amide bonds. The van der Waals surface area contributed by atoms with Crippen LogP contribution in [0.25, 0.3) is 0 Å². The number of aryl methyl sites for hydroxylation is 1. The molecule has 0 aliphatic carbocycles. The molecule has 0 saturated carbocycles. The lowest BCUT2D eigenvalue weighted by atomic mass is 10.1. The summed E-state index contributed by atoms with van der Waals surface area (Å²) < 4.78 is 20.7. The maximum atomic E-state index is 13.3. The van der Waals surface area contributed by atoms with Crippen molar-refractivity contribution in [1.82, 2.24) is 9.78 Å². The van der Waals surface area contributed by atoms with Gasteiger partial charge in [-0.05, 0) is 60.5 Å². The second-order valence-electron chi connectivity index (χ2n) is 7.58. The third-order valence-corrected chi connectivity index (χ3v) is 5.94. The molecule has 0 aliphatic rings. The number of aromatic nitrogens is 2. The SMILES string of the molecule is Cc1cc(NC(=O)c2ccc(COc3ccc(Cl)cc3Cl)cc2)nn1Cc1ccc(F)cc1Cl. The van der Waals surface area contributed by atoms with E-state index in [2.05, 4.69) is 10.4 Å². The minimum absolute atomic E-state index is 0.290. The minimum atomic E-state index is -0.398. The summed E-state index contributed by atoms with van der Waals surface area (Å²) in [5.41, 5.74) is 2.90. The first kappa shape index (κ1) is 24.1. The number of nitrogens with one attached hydrogen (secondary N) is 1. The van der Waals surface area contributed by atoms with Gasteiger partial charge in [-0.1, -0.05) is 53.0 Å². The quantitative estimate of drug-likeness (QED) is 0.282. The third kappa shape index (κ3) is 5.89. The van der Waals surface area contributed by atoms with Crippen molar-refractivity contribution >= 4 is 46.5 Å². The van der Waals surface area contributed by atoms with Gasteiger partial charge in [-0.2, -0.15) is 5.10 Å². The lowest BCUT2D eigenvalue weighted by Gasteiger charge is -2.09. The van der Waals surface area contributed by atoms with E-state index >= 15 is 0 Å². The molecule has 0 aliphatic heterocycles. The normalized spacial score (nSPS) is 10.9. The molecule has 1 aromatic heterocycles. The van der Waals surface area contributed by atoms with Crippen LogP contribution in [0.1, 0.15) is 27.2 Å². The van der Waals surface area contributed by atoms with Gasteiger partial charge in [0.1, 0.15) is 18.2 Å². The molecule has 9 heteroatoms. The Bertz CT molecular complexity index is 1340.